The molecule has 0 radical (unpaired) electrons. The Bertz CT molecular complexity index is 1520. The van der Waals surface area contributed by atoms with E-state index in [9.17, 15) is 0 Å². The van der Waals surface area contributed by atoms with Gasteiger partial charge >= 0.3 is 0 Å². The first kappa shape index (κ1) is 29.5. The molecule has 1 nitrogen and oxygen atoms in total. The predicted molar refractivity (Wildman–Crippen MR) is 181 cm³/mol. The van der Waals surface area contributed by atoms with Crippen LogP contribution in [-0.4, -0.2) is 12.4 Å². The van der Waals surface area contributed by atoms with E-state index in [1.54, 1.807) is 0 Å². The molecule has 2 aromatic carbocycles. The monoisotopic (exact) mass is 527 g/mol. The van der Waals surface area contributed by atoms with Crippen LogP contribution in [0.15, 0.2) is 78.4 Å². The van der Waals surface area contributed by atoms with Gasteiger partial charge in [0.2, 0.25) is 0 Å². The molecule has 1 aliphatic carbocycles. The van der Waals surface area contributed by atoms with Gasteiger partial charge in [0.05, 0.1) is 0 Å². The van der Waals surface area contributed by atoms with E-state index in [0.717, 1.165) is 31.3 Å². The number of benzene rings is 2. The smallest absolute Gasteiger partial charge is 0.139 e. The number of nitrogens with zero attached hydrogens (tertiary/aromatic N) is 1. The van der Waals surface area contributed by atoms with Crippen molar-refractivity contribution in [3.05, 3.63) is 123 Å². The topological polar surface area (TPSA) is 4.93 Å². The van der Waals surface area contributed by atoms with Gasteiger partial charge < -0.3 is 4.57 Å². The molecule has 2 heteroatoms. The molecule has 0 saturated carbocycles. The van der Waals surface area contributed by atoms with Crippen LogP contribution in [0.3, 0.4) is 0 Å². The zero-order valence-electron chi connectivity index (χ0n) is 26.0. The highest BCUT2D eigenvalue weighted by Crippen LogP contribution is 2.37. The van der Waals surface area contributed by atoms with E-state index in [4.69, 9.17) is 0 Å². The van der Waals surface area contributed by atoms with Crippen molar-refractivity contribution in [3.63, 3.8) is 0 Å². The summed E-state index contributed by atoms with van der Waals surface area (Å²) in [6, 6.07) is 13.1. The summed E-state index contributed by atoms with van der Waals surface area (Å²) >= 11 is 0. The molecule has 3 aromatic rings. The number of aryl methyl sites for hydroxylation is 1. The van der Waals surface area contributed by atoms with Crippen LogP contribution < -0.4 is 5.46 Å². The Hall–Kier alpha value is -3.52. The molecule has 0 amide bonds. The fourth-order valence-corrected chi connectivity index (χ4v) is 6.25. The highest BCUT2D eigenvalue weighted by molar-refractivity contribution is 6.33. The van der Waals surface area contributed by atoms with E-state index >= 15 is 0 Å². The van der Waals surface area contributed by atoms with E-state index in [1.165, 1.54) is 67.1 Å². The summed E-state index contributed by atoms with van der Waals surface area (Å²) in [6.07, 6.45) is 18.1. The molecule has 1 aromatic heterocycles. The van der Waals surface area contributed by atoms with Crippen molar-refractivity contribution in [1.29, 1.82) is 0 Å². The third-order valence-corrected chi connectivity index (χ3v) is 8.73. The summed E-state index contributed by atoms with van der Waals surface area (Å²) < 4.78 is 2.47. The molecule has 40 heavy (non-hydrogen) atoms. The van der Waals surface area contributed by atoms with Gasteiger partial charge in [-0.15, -0.1) is 0 Å². The van der Waals surface area contributed by atoms with Gasteiger partial charge in [0.15, 0.2) is 0 Å². The third kappa shape index (κ3) is 5.68. The Balaban J connectivity index is 1.69. The lowest BCUT2D eigenvalue weighted by molar-refractivity contribution is 0.742. The standard InChI is InChI=1S/C38H46BN/c1-9-12-18-33-34-24-30(21-22-37(34)40(36(33)11-3)31-16-14-13-15-17-31)26(5)20-19-25(4)28(7)38-29(8)35(39)23-27(6)32(38)10-2/h12-23,30H,7,9-11,24,39H2,1-6,8H3/b18-12-,25-19-,26-20+. The van der Waals surface area contributed by atoms with E-state index < -0.39 is 0 Å². The number of hydrogen-bond acceptors (Lipinski definition) is 0. The summed E-state index contributed by atoms with van der Waals surface area (Å²) in [5, 5.41) is 0. The maximum absolute atomic E-state index is 4.57. The lowest BCUT2D eigenvalue weighted by atomic mass is 9.80. The predicted octanol–water partition coefficient (Wildman–Crippen LogP) is 8.69. The molecular weight excluding hydrogens is 481 g/mol. The SMILES string of the molecule is Bc1cc(C)c(CC)c(C(=C)/C(C)=C\C=C(/C)C2C=Cc3c(c(/C=C\CC)c(CC)n3-c3ccccc3)C2)c1C. The van der Waals surface area contributed by atoms with Crippen LogP contribution in [0.4, 0.5) is 0 Å². The number of rotatable bonds is 9. The van der Waals surface area contributed by atoms with Crippen molar-refractivity contribution in [3.8, 4) is 5.69 Å². The summed E-state index contributed by atoms with van der Waals surface area (Å²) in [7, 11) is 2.21. The minimum Gasteiger partial charge on any atom is -0.313 e. The molecule has 0 spiro atoms. The molecule has 4 rings (SSSR count). The van der Waals surface area contributed by atoms with Gasteiger partial charge in [-0.1, -0.05) is 93.0 Å². The number of fused-ring (bicyclic) bond motifs is 1. The molecule has 0 fully saturated rings. The highest BCUT2D eigenvalue weighted by Gasteiger charge is 2.25. The first-order valence-electron chi connectivity index (χ1n) is 15.0. The van der Waals surface area contributed by atoms with Crippen LogP contribution in [0.5, 0.6) is 0 Å². The van der Waals surface area contributed by atoms with Crippen LogP contribution in [0.25, 0.3) is 23.4 Å². The molecule has 0 saturated heterocycles. The summed E-state index contributed by atoms with van der Waals surface area (Å²) in [6.45, 7) is 20.3. The van der Waals surface area contributed by atoms with Gasteiger partial charge in [0.1, 0.15) is 7.85 Å². The van der Waals surface area contributed by atoms with Crippen molar-refractivity contribution in [1.82, 2.24) is 4.57 Å². The number of aromatic nitrogens is 1. The van der Waals surface area contributed by atoms with Crippen molar-refractivity contribution in [2.75, 3.05) is 0 Å². The maximum Gasteiger partial charge on any atom is 0.139 e. The lowest BCUT2D eigenvalue weighted by Gasteiger charge is -2.21. The minimum absolute atomic E-state index is 0.379. The Morgan fingerprint density at radius 2 is 1.77 bits per heavy atom. The van der Waals surface area contributed by atoms with Gasteiger partial charge in [-0.2, -0.15) is 0 Å². The molecule has 1 unspecified atom stereocenters. The minimum atomic E-state index is 0.379. The first-order valence-corrected chi connectivity index (χ1v) is 15.0. The van der Waals surface area contributed by atoms with Crippen LogP contribution in [0.1, 0.15) is 85.8 Å². The molecule has 206 valence electrons. The second-order valence-electron chi connectivity index (χ2n) is 11.3. The average molecular weight is 528 g/mol. The largest absolute Gasteiger partial charge is 0.313 e. The Morgan fingerprint density at radius 1 is 1.05 bits per heavy atom. The summed E-state index contributed by atoms with van der Waals surface area (Å²) in [4.78, 5) is 0. The maximum atomic E-state index is 4.57. The zero-order chi connectivity index (χ0) is 29.0. The first-order chi connectivity index (χ1) is 19.2. The van der Waals surface area contributed by atoms with Crippen LogP contribution in [-0.2, 0) is 19.3 Å². The second-order valence-corrected chi connectivity index (χ2v) is 11.3. The summed E-state index contributed by atoms with van der Waals surface area (Å²) in [5.41, 5.74) is 17.4. The molecule has 0 N–H and O–H groups in total. The van der Waals surface area contributed by atoms with E-state index in [-0.39, 0.29) is 0 Å². The van der Waals surface area contributed by atoms with Gasteiger partial charge in [0.25, 0.3) is 0 Å². The average Bonchev–Trinajstić information content (AvgIpc) is 3.28. The quantitative estimate of drug-likeness (QED) is 0.194. The Kier molecular flexibility index (Phi) is 9.41. The zero-order valence-corrected chi connectivity index (χ0v) is 26.0. The van der Waals surface area contributed by atoms with Crippen molar-refractivity contribution in [2.24, 2.45) is 5.92 Å². The molecular formula is C38H46BN. The van der Waals surface area contributed by atoms with Crippen molar-refractivity contribution >= 4 is 31.0 Å². The molecule has 1 heterocycles. The van der Waals surface area contributed by atoms with Gasteiger partial charge in [-0.25, -0.2) is 0 Å². The van der Waals surface area contributed by atoms with Crippen molar-refractivity contribution in [2.45, 2.75) is 74.1 Å². The Morgan fingerprint density at radius 3 is 2.42 bits per heavy atom. The number of hydrogen-bond donors (Lipinski definition) is 0. The van der Waals surface area contributed by atoms with Crippen molar-refractivity contribution < 1.29 is 0 Å². The second kappa shape index (κ2) is 12.8. The van der Waals surface area contributed by atoms with Crippen LogP contribution >= 0.6 is 0 Å². The third-order valence-electron chi connectivity index (χ3n) is 8.73. The van der Waals surface area contributed by atoms with Crippen LogP contribution in [0.2, 0.25) is 0 Å². The van der Waals surface area contributed by atoms with Crippen LogP contribution in [0, 0.1) is 19.8 Å². The fourth-order valence-electron chi connectivity index (χ4n) is 6.25. The molecule has 0 bridgehead atoms. The number of allylic oxidation sites excluding steroid dienone is 7. The van der Waals surface area contributed by atoms with E-state index in [0.29, 0.717) is 5.92 Å². The van der Waals surface area contributed by atoms with E-state index in [1.807, 2.05) is 0 Å². The Labute approximate surface area is 244 Å². The molecule has 1 atom stereocenters. The summed E-state index contributed by atoms with van der Waals surface area (Å²) in [5.74, 6) is 0.379. The normalized spacial score (nSPS) is 15.6. The van der Waals surface area contributed by atoms with Gasteiger partial charge in [-0.05, 0) is 116 Å². The van der Waals surface area contributed by atoms with Gasteiger partial charge in [-0.3, -0.25) is 0 Å². The fraction of sp³-hybridized carbons (Fsp3) is 0.316. The molecule has 0 aliphatic heterocycles. The highest BCUT2D eigenvalue weighted by atomic mass is 15.0. The molecule has 1 aliphatic rings. The lowest BCUT2D eigenvalue weighted by Crippen LogP contribution is -2.14. The van der Waals surface area contributed by atoms with Gasteiger partial charge in [0, 0.05) is 23.0 Å². The van der Waals surface area contributed by atoms with E-state index in [2.05, 4.69) is 140 Å². The number of para-hydroxylation sites is 1.